The summed E-state index contributed by atoms with van der Waals surface area (Å²) in [4.78, 5) is 15.3. The monoisotopic (exact) mass is 265 g/mol. The van der Waals surface area contributed by atoms with Crippen LogP contribution in [0, 0.1) is 5.41 Å². The molecule has 6 nitrogen and oxygen atoms in total. The zero-order valence-electron chi connectivity index (χ0n) is 12.2. The third-order valence-electron chi connectivity index (χ3n) is 3.17. The molecule has 2 rings (SSSR count). The minimum atomic E-state index is 0.316. The number of rotatable bonds is 5. The van der Waals surface area contributed by atoms with Crippen LogP contribution in [0.2, 0.25) is 0 Å². The highest BCUT2D eigenvalue weighted by Crippen LogP contribution is 2.31. The first-order chi connectivity index (χ1) is 9.04. The van der Waals surface area contributed by atoms with E-state index < -0.39 is 0 Å². The predicted octanol–water partition coefficient (Wildman–Crippen LogP) is 1.94. The summed E-state index contributed by atoms with van der Waals surface area (Å²) in [7, 11) is 0. The zero-order valence-corrected chi connectivity index (χ0v) is 12.2. The molecule has 0 radical (unpaired) electrons. The summed E-state index contributed by atoms with van der Waals surface area (Å²) in [6, 6.07) is 0.396. The minimum absolute atomic E-state index is 0.316. The highest BCUT2D eigenvalue weighted by atomic mass is 16.5. The average molecular weight is 265 g/mol. The van der Waals surface area contributed by atoms with Gasteiger partial charge in [-0.3, -0.25) is 0 Å². The fourth-order valence-corrected chi connectivity index (χ4v) is 2.20. The van der Waals surface area contributed by atoms with Crippen molar-refractivity contribution in [2.45, 2.75) is 34.1 Å². The molecule has 0 amide bonds. The number of aromatic nitrogens is 3. The van der Waals surface area contributed by atoms with Crippen molar-refractivity contribution < 1.29 is 4.74 Å². The molecular formula is C13H23N5O. The Bertz CT molecular complexity index is 411. The van der Waals surface area contributed by atoms with Gasteiger partial charge in [-0.25, -0.2) is 0 Å². The third-order valence-corrected chi connectivity index (χ3v) is 3.17. The molecule has 0 aliphatic carbocycles. The Morgan fingerprint density at radius 1 is 1.26 bits per heavy atom. The molecule has 0 bridgehead atoms. The van der Waals surface area contributed by atoms with Crippen molar-refractivity contribution in [2.75, 3.05) is 36.5 Å². The van der Waals surface area contributed by atoms with E-state index in [9.17, 15) is 0 Å². The van der Waals surface area contributed by atoms with Gasteiger partial charge in [0, 0.05) is 19.6 Å². The number of anilines is 2. The average Bonchev–Trinajstić information content (AvgIpc) is 2.70. The lowest BCUT2D eigenvalue weighted by Crippen LogP contribution is -2.25. The summed E-state index contributed by atoms with van der Waals surface area (Å²) in [6.07, 6.45) is 1.15. The Morgan fingerprint density at radius 3 is 2.63 bits per heavy atom. The molecule has 1 saturated heterocycles. The molecule has 0 spiro atoms. The molecule has 1 fully saturated rings. The molecule has 1 aromatic heterocycles. The first-order valence-electron chi connectivity index (χ1n) is 6.92. The topological polar surface area (TPSA) is 63.2 Å². The van der Waals surface area contributed by atoms with Crippen LogP contribution in [0.15, 0.2) is 0 Å². The molecule has 2 heterocycles. The van der Waals surface area contributed by atoms with Gasteiger partial charge in [-0.05, 0) is 25.7 Å². The molecule has 0 atom stereocenters. The van der Waals surface area contributed by atoms with E-state index in [-0.39, 0.29) is 0 Å². The zero-order chi connectivity index (χ0) is 13.9. The lowest BCUT2D eigenvalue weighted by Gasteiger charge is -2.20. The fraction of sp³-hybridized carbons (Fsp3) is 0.769. The van der Waals surface area contributed by atoms with E-state index in [0.29, 0.717) is 29.9 Å². The van der Waals surface area contributed by atoms with Crippen molar-refractivity contribution in [3.8, 4) is 6.01 Å². The van der Waals surface area contributed by atoms with Gasteiger partial charge in [0.05, 0.1) is 6.61 Å². The van der Waals surface area contributed by atoms with E-state index in [4.69, 9.17) is 4.74 Å². The van der Waals surface area contributed by atoms with Crippen LogP contribution < -0.4 is 15.0 Å². The Morgan fingerprint density at radius 2 is 2.05 bits per heavy atom. The van der Waals surface area contributed by atoms with Gasteiger partial charge >= 0.3 is 6.01 Å². The van der Waals surface area contributed by atoms with Crippen molar-refractivity contribution in [3.63, 3.8) is 0 Å². The number of hydrogen-bond acceptors (Lipinski definition) is 6. The second-order valence-corrected chi connectivity index (χ2v) is 5.54. The summed E-state index contributed by atoms with van der Waals surface area (Å²) in [5.74, 6) is 1.29. The molecule has 1 aromatic rings. The molecular weight excluding hydrogens is 242 g/mol. The molecule has 6 heteroatoms. The van der Waals surface area contributed by atoms with Crippen molar-refractivity contribution in [1.82, 2.24) is 15.0 Å². The quantitative estimate of drug-likeness (QED) is 0.877. The van der Waals surface area contributed by atoms with E-state index >= 15 is 0 Å². The maximum absolute atomic E-state index is 5.42. The van der Waals surface area contributed by atoms with E-state index in [1.807, 2.05) is 13.8 Å². The van der Waals surface area contributed by atoms with Gasteiger partial charge in [0.2, 0.25) is 11.9 Å². The molecule has 1 aliphatic rings. The van der Waals surface area contributed by atoms with Crippen LogP contribution in [0.25, 0.3) is 0 Å². The van der Waals surface area contributed by atoms with E-state index in [1.165, 1.54) is 0 Å². The summed E-state index contributed by atoms with van der Waals surface area (Å²) in [5, 5.41) is 3.12. The summed E-state index contributed by atoms with van der Waals surface area (Å²) in [6.45, 7) is 11.8. The first kappa shape index (κ1) is 13.8. The van der Waals surface area contributed by atoms with Crippen LogP contribution in [0.4, 0.5) is 11.9 Å². The van der Waals surface area contributed by atoms with Crippen molar-refractivity contribution in [3.05, 3.63) is 0 Å². The lowest BCUT2D eigenvalue weighted by molar-refractivity contribution is 0.312. The number of nitrogens with one attached hydrogen (secondary N) is 1. The van der Waals surface area contributed by atoms with Gasteiger partial charge in [-0.15, -0.1) is 0 Å². The standard InChI is InChI=1S/C13H23N5O/c1-5-14-10-15-11(17-12(16-10)19-6-2)18-8-7-13(3,4)9-18/h5-9H2,1-4H3,(H,14,15,16,17). The van der Waals surface area contributed by atoms with Crippen molar-refractivity contribution in [2.24, 2.45) is 5.41 Å². The Hall–Kier alpha value is -1.59. The van der Waals surface area contributed by atoms with E-state index in [0.717, 1.165) is 26.1 Å². The summed E-state index contributed by atoms with van der Waals surface area (Å²) >= 11 is 0. The summed E-state index contributed by atoms with van der Waals surface area (Å²) in [5.41, 5.74) is 0.316. The molecule has 106 valence electrons. The van der Waals surface area contributed by atoms with Gasteiger partial charge in [0.15, 0.2) is 0 Å². The second-order valence-electron chi connectivity index (χ2n) is 5.54. The highest BCUT2D eigenvalue weighted by Gasteiger charge is 2.31. The van der Waals surface area contributed by atoms with Gasteiger partial charge in [-0.1, -0.05) is 13.8 Å². The van der Waals surface area contributed by atoms with Gasteiger partial charge in [0.25, 0.3) is 0 Å². The molecule has 1 N–H and O–H groups in total. The smallest absolute Gasteiger partial charge is 0.323 e. The van der Waals surface area contributed by atoms with Gasteiger partial charge in [0.1, 0.15) is 0 Å². The lowest BCUT2D eigenvalue weighted by atomic mass is 9.93. The second kappa shape index (κ2) is 5.59. The van der Waals surface area contributed by atoms with Crippen LogP contribution >= 0.6 is 0 Å². The predicted molar refractivity (Wildman–Crippen MR) is 75.8 cm³/mol. The number of hydrogen-bond donors (Lipinski definition) is 1. The van der Waals surface area contributed by atoms with Crippen LogP contribution in [0.1, 0.15) is 34.1 Å². The Balaban J connectivity index is 2.23. The largest absolute Gasteiger partial charge is 0.464 e. The molecule has 0 unspecified atom stereocenters. The molecule has 0 saturated carbocycles. The Kier molecular flexibility index (Phi) is 4.07. The SMILES string of the molecule is CCNc1nc(OCC)nc(N2CCC(C)(C)C2)n1. The number of ether oxygens (including phenoxy) is 1. The van der Waals surface area contributed by atoms with Crippen LogP contribution in [0.3, 0.4) is 0 Å². The van der Waals surface area contributed by atoms with Crippen molar-refractivity contribution >= 4 is 11.9 Å². The fourth-order valence-electron chi connectivity index (χ4n) is 2.20. The third kappa shape index (κ3) is 3.45. The molecule has 1 aliphatic heterocycles. The van der Waals surface area contributed by atoms with Crippen LogP contribution in [-0.2, 0) is 0 Å². The van der Waals surface area contributed by atoms with Crippen molar-refractivity contribution in [1.29, 1.82) is 0 Å². The minimum Gasteiger partial charge on any atom is -0.464 e. The molecule has 19 heavy (non-hydrogen) atoms. The maximum Gasteiger partial charge on any atom is 0.323 e. The normalized spacial score (nSPS) is 17.6. The van der Waals surface area contributed by atoms with E-state index in [2.05, 4.69) is 39.0 Å². The highest BCUT2D eigenvalue weighted by molar-refractivity contribution is 5.39. The first-order valence-corrected chi connectivity index (χ1v) is 6.92. The Labute approximate surface area is 114 Å². The summed E-state index contributed by atoms with van der Waals surface area (Å²) < 4.78 is 5.42. The maximum atomic E-state index is 5.42. The number of nitrogens with zero attached hydrogens (tertiary/aromatic N) is 4. The van der Waals surface area contributed by atoms with Gasteiger partial charge < -0.3 is 15.0 Å². The van der Waals surface area contributed by atoms with Crippen LogP contribution in [0.5, 0.6) is 6.01 Å². The van der Waals surface area contributed by atoms with E-state index in [1.54, 1.807) is 0 Å². The van der Waals surface area contributed by atoms with Gasteiger partial charge in [-0.2, -0.15) is 15.0 Å². The molecule has 0 aromatic carbocycles. The van der Waals surface area contributed by atoms with Crippen LogP contribution in [-0.4, -0.2) is 41.2 Å².